The number of carbonyl (C=O) groups is 1. The molecule has 1 heterocycles. The number of rotatable bonds is 3. The van der Waals surface area contributed by atoms with Gasteiger partial charge >= 0.3 is 5.82 Å². The molecule has 1 amide bonds. The molecular formula is C13H10N4O3S. The first-order chi connectivity index (χ1) is 10.1. The SMILES string of the molecule is O=C(Nc1cccnc1[N+](=O)[O-])C(=S)Nc1ccccc1. The van der Waals surface area contributed by atoms with Gasteiger partial charge in [0.05, 0.1) is 0 Å². The van der Waals surface area contributed by atoms with Crippen molar-refractivity contribution in [1.29, 1.82) is 0 Å². The van der Waals surface area contributed by atoms with Gasteiger partial charge in [-0.05, 0) is 34.2 Å². The summed E-state index contributed by atoms with van der Waals surface area (Å²) in [5.41, 5.74) is 0.642. The lowest BCUT2D eigenvalue weighted by Crippen LogP contribution is -2.27. The number of hydrogen-bond acceptors (Lipinski definition) is 5. The molecule has 8 heteroatoms. The summed E-state index contributed by atoms with van der Waals surface area (Å²) in [6.07, 6.45) is 1.27. The van der Waals surface area contributed by atoms with Crippen molar-refractivity contribution in [3.63, 3.8) is 0 Å². The maximum Gasteiger partial charge on any atom is 0.387 e. The molecule has 0 radical (unpaired) electrons. The van der Waals surface area contributed by atoms with E-state index in [0.717, 1.165) is 0 Å². The number of nitrogens with one attached hydrogen (secondary N) is 2. The Bertz CT molecular complexity index is 691. The average molecular weight is 302 g/mol. The number of thiocarbonyl (C=S) groups is 1. The van der Waals surface area contributed by atoms with Crippen LogP contribution in [-0.2, 0) is 4.79 Å². The normalized spacial score (nSPS) is 9.71. The highest BCUT2D eigenvalue weighted by Gasteiger charge is 2.18. The fourth-order valence-electron chi connectivity index (χ4n) is 1.53. The second kappa shape index (κ2) is 6.53. The van der Waals surface area contributed by atoms with Gasteiger partial charge in [0.2, 0.25) is 0 Å². The van der Waals surface area contributed by atoms with Crippen LogP contribution in [0.2, 0.25) is 0 Å². The lowest BCUT2D eigenvalue weighted by Gasteiger charge is -2.08. The van der Waals surface area contributed by atoms with Gasteiger partial charge in [-0.25, -0.2) is 0 Å². The largest absolute Gasteiger partial charge is 0.387 e. The molecule has 1 aromatic heterocycles. The molecule has 0 unspecified atom stereocenters. The van der Waals surface area contributed by atoms with Crippen LogP contribution in [0.5, 0.6) is 0 Å². The number of amides is 1. The van der Waals surface area contributed by atoms with Gasteiger partial charge in [0.25, 0.3) is 5.91 Å². The molecule has 0 saturated heterocycles. The second-order valence-corrected chi connectivity index (χ2v) is 4.31. The highest BCUT2D eigenvalue weighted by molar-refractivity contribution is 7.82. The number of benzene rings is 1. The molecule has 21 heavy (non-hydrogen) atoms. The molecule has 0 spiro atoms. The maximum absolute atomic E-state index is 11.9. The topological polar surface area (TPSA) is 97.2 Å². The maximum atomic E-state index is 11.9. The molecule has 7 nitrogen and oxygen atoms in total. The molecule has 2 aromatic rings. The van der Waals surface area contributed by atoms with Gasteiger partial charge in [-0.15, -0.1) is 0 Å². The molecular weight excluding hydrogens is 292 g/mol. The molecule has 0 fully saturated rings. The second-order valence-electron chi connectivity index (χ2n) is 3.91. The lowest BCUT2D eigenvalue weighted by molar-refractivity contribution is -0.388. The molecule has 0 aliphatic heterocycles. The number of carbonyl (C=O) groups excluding carboxylic acids is 1. The number of aromatic nitrogens is 1. The Morgan fingerprint density at radius 2 is 1.86 bits per heavy atom. The van der Waals surface area contributed by atoms with E-state index in [-0.39, 0.29) is 10.7 Å². The predicted octanol–water partition coefficient (Wildman–Crippen LogP) is 2.37. The third kappa shape index (κ3) is 3.80. The van der Waals surface area contributed by atoms with Crippen LogP contribution in [0, 0.1) is 10.1 Å². The zero-order valence-electron chi connectivity index (χ0n) is 10.6. The minimum atomic E-state index is -0.677. The zero-order valence-corrected chi connectivity index (χ0v) is 11.5. The van der Waals surface area contributed by atoms with Crippen molar-refractivity contribution >= 4 is 40.3 Å². The Kier molecular flexibility index (Phi) is 4.52. The molecule has 0 aliphatic rings. The first-order valence-corrected chi connectivity index (χ1v) is 6.25. The Morgan fingerprint density at radius 1 is 1.14 bits per heavy atom. The van der Waals surface area contributed by atoms with Crippen molar-refractivity contribution in [3.8, 4) is 0 Å². The molecule has 0 aliphatic carbocycles. The van der Waals surface area contributed by atoms with E-state index < -0.39 is 16.6 Å². The van der Waals surface area contributed by atoms with Gasteiger partial charge in [0.15, 0.2) is 4.99 Å². The van der Waals surface area contributed by atoms with E-state index in [2.05, 4.69) is 15.6 Å². The van der Waals surface area contributed by atoms with Crippen LogP contribution in [0.1, 0.15) is 0 Å². The zero-order chi connectivity index (χ0) is 15.2. The quantitative estimate of drug-likeness (QED) is 0.513. The summed E-state index contributed by atoms with van der Waals surface area (Å²) in [7, 11) is 0. The predicted molar refractivity (Wildman–Crippen MR) is 82.2 cm³/mol. The van der Waals surface area contributed by atoms with E-state index in [4.69, 9.17) is 12.2 Å². The van der Waals surface area contributed by atoms with Crippen molar-refractivity contribution in [3.05, 3.63) is 58.8 Å². The number of nitro groups is 1. The first kappa shape index (κ1) is 14.5. The molecule has 0 bridgehead atoms. The summed E-state index contributed by atoms with van der Waals surface area (Å²) in [4.78, 5) is 25.6. The summed E-state index contributed by atoms with van der Waals surface area (Å²) in [5, 5.41) is 15.9. The Morgan fingerprint density at radius 3 is 2.52 bits per heavy atom. The molecule has 1 aromatic carbocycles. The first-order valence-electron chi connectivity index (χ1n) is 5.84. The van der Waals surface area contributed by atoms with Crippen molar-refractivity contribution in [1.82, 2.24) is 4.98 Å². The minimum Gasteiger partial charge on any atom is -0.358 e. The summed E-state index contributed by atoms with van der Waals surface area (Å²) >= 11 is 4.95. The number of anilines is 2. The number of para-hydroxylation sites is 1. The van der Waals surface area contributed by atoms with Crippen LogP contribution in [0.25, 0.3) is 0 Å². The molecule has 0 saturated carbocycles. The van der Waals surface area contributed by atoms with E-state index in [9.17, 15) is 14.9 Å². The fraction of sp³-hybridized carbons (Fsp3) is 0. The Balaban J connectivity index is 2.08. The Hall–Kier alpha value is -2.87. The standard InChI is InChI=1S/C13H10N4O3S/c18-12(13(21)15-9-5-2-1-3-6-9)16-10-7-4-8-14-11(10)17(19)20/h1-8H,(H,15,21)(H,16,18). The van der Waals surface area contributed by atoms with Gasteiger partial charge in [-0.1, -0.05) is 30.4 Å². The van der Waals surface area contributed by atoms with Crippen LogP contribution in [0.4, 0.5) is 17.2 Å². The van der Waals surface area contributed by atoms with Gasteiger partial charge in [-0.3, -0.25) is 4.79 Å². The smallest absolute Gasteiger partial charge is 0.358 e. The summed E-state index contributed by atoms with van der Waals surface area (Å²) in [6.45, 7) is 0. The van der Waals surface area contributed by atoms with E-state index in [1.165, 1.54) is 18.3 Å². The minimum absolute atomic E-state index is 0.00953. The monoisotopic (exact) mass is 302 g/mol. The fourth-order valence-corrected chi connectivity index (χ4v) is 1.70. The van der Waals surface area contributed by atoms with Crippen molar-refractivity contribution in [2.75, 3.05) is 10.6 Å². The number of nitrogens with zero attached hydrogens (tertiary/aromatic N) is 2. The highest BCUT2D eigenvalue weighted by atomic mass is 32.1. The van der Waals surface area contributed by atoms with Crippen LogP contribution >= 0.6 is 12.2 Å². The van der Waals surface area contributed by atoms with Gasteiger partial charge < -0.3 is 20.7 Å². The van der Waals surface area contributed by atoms with Crippen molar-refractivity contribution in [2.24, 2.45) is 0 Å². The lowest BCUT2D eigenvalue weighted by atomic mass is 10.3. The van der Waals surface area contributed by atoms with E-state index in [1.807, 2.05) is 6.07 Å². The summed E-state index contributed by atoms with van der Waals surface area (Å²) in [5.74, 6) is -1.08. The van der Waals surface area contributed by atoms with Crippen LogP contribution in [0.3, 0.4) is 0 Å². The molecule has 2 rings (SSSR count). The molecule has 0 atom stereocenters. The molecule has 2 N–H and O–H groups in total. The van der Waals surface area contributed by atoms with E-state index in [0.29, 0.717) is 5.69 Å². The van der Waals surface area contributed by atoms with Crippen LogP contribution in [-0.4, -0.2) is 20.8 Å². The van der Waals surface area contributed by atoms with Crippen molar-refractivity contribution < 1.29 is 9.72 Å². The average Bonchev–Trinajstić information content (AvgIpc) is 2.48. The third-order valence-electron chi connectivity index (χ3n) is 2.45. The van der Waals surface area contributed by atoms with Gasteiger partial charge in [-0.2, -0.15) is 0 Å². The number of hydrogen-bond donors (Lipinski definition) is 2. The molecule has 106 valence electrons. The van der Waals surface area contributed by atoms with Crippen LogP contribution in [0.15, 0.2) is 48.7 Å². The van der Waals surface area contributed by atoms with Crippen molar-refractivity contribution in [2.45, 2.75) is 0 Å². The Labute approximate surface area is 125 Å². The van der Waals surface area contributed by atoms with Crippen LogP contribution < -0.4 is 10.6 Å². The van der Waals surface area contributed by atoms with E-state index in [1.54, 1.807) is 24.3 Å². The number of pyridine rings is 1. The van der Waals surface area contributed by atoms with Gasteiger partial charge in [0, 0.05) is 5.69 Å². The van der Waals surface area contributed by atoms with Gasteiger partial charge in [0.1, 0.15) is 11.9 Å². The summed E-state index contributed by atoms with van der Waals surface area (Å²) in [6, 6.07) is 11.7. The van der Waals surface area contributed by atoms with E-state index >= 15 is 0 Å². The third-order valence-corrected chi connectivity index (χ3v) is 2.73. The summed E-state index contributed by atoms with van der Waals surface area (Å²) < 4.78 is 0. The highest BCUT2D eigenvalue weighted by Crippen LogP contribution is 2.20.